The van der Waals surface area contributed by atoms with Gasteiger partial charge in [0.25, 0.3) is 0 Å². The van der Waals surface area contributed by atoms with Gasteiger partial charge in [0, 0.05) is 25.3 Å². The molecule has 2 aromatic rings. The largest absolute Gasteiger partial charge is 0.492 e. The molecule has 1 saturated heterocycles. The summed E-state index contributed by atoms with van der Waals surface area (Å²) >= 11 is 0. The highest BCUT2D eigenvalue weighted by Crippen LogP contribution is 2.46. The van der Waals surface area contributed by atoms with Crippen LogP contribution in [0.25, 0.3) is 10.9 Å². The number of hydrogen-bond donors (Lipinski definition) is 3. The summed E-state index contributed by atoms with van der Waals surface area (Å²) in [6.45, 7) is 2.69. The zero-order chi connectivity index (χ0) is 21.0. The Balaban J connectivity index is 2.06. The molecule has 2 heterocycles. The molecule has 29 heavy (non-hydrogen) atoms. The van der Waals surface area contributed by atoms with Gasteiger partial charge in [0.1, 0.15) is 11.3 Å². The SMILES string of the molecule is COc1c(N2CCC(O)C(C)C2)c(F)c(N)c2c(=O)c(C(=O)O)cn(C3CC3)c12. The van der Waals surface area contributed by atoms with E-state index in [1.54, 1.807) is 9.47 Å². The molecule has 2 atom stereocenters. The minimum atomic E-state index is -1.38. The van der Waals surface area contributed by atoms with Crippen molar-refractivity contribution in [2.24, 2.45) is 5.92 Å². The highest BCUT2D eigenvalue weighted by Gasteiger charge is 2.35. The molecular formula is C20H24FN3O5. The number of carbonyl (C=O) groups is 1. The Bertz CT molecular complexity index is 1060. The van der Waals surface area contributed by atoms with Gasteiger partial charge in [0.15, 0.2) is 11.6 Å². The maximum atomic E-state index is 15.4. The number of nitrogens with zero attached hydrogens (tertiary/aromatic N) is 2. The fourth-order valence-electron chi connectivity index (χ4n) is 4.17. The Morgan fingerprint density at radius 2 is 2.03 bits per heavy atom. The molecule has 8 nitrogen and oxygen atoms in total. The lowest BCUT2D eigenvalue weighted by Crippen LogP contribution is -2.42. The maximum Gasteiger partial charge on any atom is 0.341 e. The fraction of sp³-hybridized carbons (Fsp3) is 0.500. The van der Waals surface area contributed by atoms with Crippen molar-refractivity contribution in [3.8, 4) is 5.75 Å². The summed E-state index contributed by atoms with van der Waals surface area (Å²) in [5, 5.41) is 19.3. The minimum absolute atomic E-state index is 0.00455. The first-order valence-corrected chi connectivity index (χ1v) is 9.66. The van der Waals surface area contributed by atoms with Gasteiger partial charge < -0.3 is 30.2 Å². The molecule has 1 aromatic heterocycles. The molecule has 4 rings (SSSR count). The van der Waals surface area contributed by atoms with E-state index in [9.17, 15) is 19.8 Å². The standard InChI is InChI=1S/C20H24FN3O5/c1-9-7-23(6-5-12(9)25)17-14(21)15(22)13-16(19(17)29-2)24(10-3-4-10)8-11(18(13)26)20(27)28/h8-10,12,25H,3-7,22H2,1-2H3,(H,27,28). The average molecular weight is 405 g/mol. The number of aromatic nitrogens is 1. The molecule has 1 aliphatic carbocycles. The molecule has 2 fully saturated rings. The van der Waals surface area contributed by atoms with Gasteiger partial charge in [-0.15, -0.1) is 0 Å². The van der Waals surface area contributed by atoms with Crippen molar-refractivity contribution in [2.75, 3.05) is 30.8 Å². The van der Waals surface area contributed by atoms with Crippen LogP contribution in [0, 0.1) is 11.7 Å². The lowest BCUT2D eigenvalue weighted by atomic mass is 9.95. The van der Waals surface area contributed by atoms with Gasteiger partial charge in [0.2, 0.25) is 5.43 Å². The number of piperidine rings is 1. The van der Waals surface area contributed by atoms with Crippen molar-refractivity contribution >= 4 is 28.2 Å². The van der Waals surface area contributed by atoms with Crippen LogP contribution in [0.1, 0.15) is 42.6 Å². The summed E-state index contributed by atoms with van der Waals surface area (Å²) in [6.07, 6.45) is 2.94. The van der Waals surface area contributed by atoms with Gasteiger partial charge in [-0.2, -0.15) is 0 Å². The summed E-state index contributed by atoms with van der Waals surface area (Å²) in [4.78, 5) is 26.2. The van der Waals surface area contributed by atoms with Crippen molar-refractivity contribution in [3.05, 3.63) is 27.8 Å². The number of carboxylic acids is 1. The lowest BCUT2D eigenvalue weighted by molar-refractivity contribution is 0.0694. The number of aliphatic hydroxyl groups excluding tert-OH is 1. The summed E-state index contributed by atoms with van der Waals surface area (Å²) in [5.74, 6) is -2.10. The smallest absolute Gasteiger partial charge is 0.341 e. The van der Waals surface area contributed by atoms with E-state index < -0.39 is 28.9 Å². The molecule has 1 aliphatic heterocycles. The van der Waals surface area contributed by atoms with Gasteiger partial charge in [-0.3, -0.25) is 4.79 Å². The normalized spacial score (nSPS) is 22.1. The first-order valence-electron chi connectivity index (χ1n) is 9.66. The molecule has 0 bridgehead atoms. The van der Waals surface area contributed by atoms with Gasteiger partial charge in [-0.25, -0.2) is 9.18 Å². The number of aromatic carboxylic acids is 1. The van der Waals surface area contributed by atoms with E-state index >= 15 is 4.39 Å². The minimum Gasteiger partial charge on any atom is -0.492 e. The molecule has 1 aromatic carbocycles. The molecule has 2 unspecified atom stereocenters. The zero-order valence-electron chi connectivity index (χ0n) is 16.3. The number of ether oxygens (including phenoxy) is 1. The number of fused-ring (bicyclic) bond motifs is 1. The molecule has 0 radical (unpaired) electrons. The highest BCUT2D eigenvalue weighted by molar-refractivity contribution is 6.03. The second kappa shape index (κ2) is 6.91. The zero-order valence-corrected chi connectivity index (χ0v) is 16.3. The number of rotatable bonds is 4. The summed E-state index contributed by atoms with van der Waals surface area (Å²) in [6, 6.07) is 0.00455. The van der Waals surface area contributed by atoms with Crippen molar-refractivity contribution in [3.63, 3.8) is 0 Å². The van der Waals surface area contributed by atoms with Gasteiger partial charge in [0.05, 0.1) is 29.8 Å². The van der Waals surface area contributed by atoms with E-state index in [1.807, 2.05) is 6.92 Å². The number of anilines is 2. The molecule has 4 N–H and O–H groups in total. The summed E-state index contributed by atoms with van der Waals surface area (Å²) in [5.41, 5.74) is 4.87. The van der Waals surface area contributed by atoms with Crippen LogP contribution in [0.4, 0.5) is 15.8 Å². The van der Waals surface area contributed by atoms with Gasteiger partial charge in [-0.05, 0) is 25.2 Å². The van der Waals surface area contributed by atoms with Crippen LogP contribution in [0.5, 0.6) is 5.75 Å². The van der Waals surface area contributed by atoms with Gasteiger partial charge in [-0.1, -0.05) is 6.92 Å². The molecule has 156 valence electrons. The Morgan fingerprint density at radius 3 is 2.59 bits per heavy atom. The Hall–Kier alpha value is -2.81. The Kier molecular flexibility index (Phi) is 4.65. The van der Waals surface area contributed by atoms with E-state index in [2.05, 4.69) is 0 Å². The highest BCUT2D eigenvalue weighted by atomic mass is 19.1. The van der Waals surface area contributed by atoms with Crippen LogP contribution >= 0.6 is 0 Å². The second-order valence-corrected chi connectivity index (χ2v) is 7.93. The molecule has 1 saturated carbocycles. The predicted molar refractivity (Wildman–Crippen MR) is 106 cm³/mol. The van der Waals surface area contributed by atoms with Crippen LogP contribution in [-0.2, 0) is 0 Å². The van der Waals surface area contributed by atoms with Crippen molar-refractivity contribution in [2.45, 2.75) is 38.3 Å². The number of methoxy groups -OCH3 is 1. The Labute approximate surface area is 166 Å². The van der Waals surface area contributed by atoms with E-state index in [-0.39, 0.29) is 34.5 Å². The maximum absolute atomic E-state index is 15.4. The van der Waals surface area contributed by atoms with E-state index in [0.29, 0.717) is 25.0 Å². The number of hydrogen-bond acceptors (Lipinski definition) is 6. The van der Waals surface area contributed by atoms with Crippen molar-refractivity contribution < 1.29 is 24.1 Å². The molecule has 0 spiro atoms. The lowest BCUT2D eigenvalue weighted by Gasteiger charge is -2.37. The van der Waals surface area contributed by atoms with E-state index in [1.165, 1.54) is 13.3 Å². The second-order valence-electron chi connectivity index (χ2n) is 7.93. The van der Waals surface area contributed by atoms with Crippen LogP contribution in [0.2, 0.25) is 0 Å². The summed E-state index contributed by atoms with van der Waals surface area (Å²) < 4.78 is 22.7. The predicted octanol–water partition coefficient (Wildman–Crippen LogP) is 1.97. The van der Waals surface area contributed by atoms with E-state index in [4.69, 9.17) is 10.5 Å². The van der Waals surface area contributed by atoms with Crippen molar-refractivity contribution in [1.29, 1.82) is 0 Å². The average Bonchev–Trinajstić information content (AvgIpc) is 3.51. The number of benzene rings is 1. The van der Waals surface area contributed by atoms with Crippen LogP contribution < -0.4 is 20.8 Å². The fourth-order valence-corrected chi connectivity index (χ4v) is 4.17. The van der Waals surface area contributed by atoms with Gasteiger partial charge >= 0.3 is 5.97 Å². The van der Waals surface area contributed by atoms with Crippen LogP contribution in [0.3, 0.4) is 0 Å². The number of nitrogen functional groups attached to an aromatic ring is 1. The monoisotopic (exact) mass is 405 g/mol. The molecule has 0 amide bonds. The first-order chi connectivity index (χ1) is 13.8. The number of nitrogens with two attached hydrogens (primary N) is 1. The molecule has 2 aliphatic rings. The third kappa shape index (κ3) is 3.00. The van der Waals surface area contributed by atoms with Crippen molar-refractivity contribution in [1.82, 2.24) is 4.57 Å². The number of pyridine rings is 1. The quantitative estimate of drug-likeness (QED) is 0.666. The topological polar surface area (TPSA) is 118 Å². The third-order valence-electron chi connectivity index (χ3n) is 5.93. The van der Waals surface area contributed by atoms with Crippen LogP contribution in [0.15, 0.2) is 11.0 Å². The molecular weight excluding hydrogens is 381 g/mol. The first kappa shape index (κ1) is 19.5. The number of aliphatic hydroxyl groups is 1. The number of halogens is 1. The Morgan fingerprint density at radius 1 is 1.34 bits per heavy atom. The molecule has 9 heteroatoms. The summed E-state index contributed by atoms with van der Waals surface area (Å²) in [7, 11) is 1.39. The van der Waals surface area contributed by atoms with Crippen LogP contribution in [-0.4, -0.2) is 47.1 Å². The van der Waals surface area contributed by atoms with E-state index in [0.717, 1.165) is 12.8 Å². The third-order valence-corrected chi connectivity index (χ3v) is 5.93. The number of carboxylic acid groups (broad SMARTS) is 1.